The molecule has 4 aromatic rings. The number of hydrogen-bond donors (Lipinski definition) is 1. The standard InChI is InChI=1S/C24H21F3N6O/c1-14-10-19-15(2)18(6-7-20(19)32-22(14)28)23(34)33(13-21-29-8-3-9-30-21)12-17-5-4-16(11-31-17)24(25,26)27/h3-11H,12-13H2,1-2H3,(H2,28,32). The van der Waals surface area contributed by atoms with Gasteiger partial charge in [0.05, 0.1) is 29.9 Å². The number of carbonyl (C=O) groups excluding carboxylic acids is 1. The number of anilines is 1. The number of halogens is 3. The molecule has 0 unspecified atom stereocenters. The molecule has 0 atom stereocenters. The maximum atomic E-state index is 13.6. The second-order valence-electron chi connectivity index (χ2n) is 7.86. The number of nitrogens with zero attached hydrogens (tertiary/aromatic N) is 5. The Bertz CT molecular complexity index is 1340. The fourth-order valence-electron chi connectivity index (χ4n) is 3.57. The van der Waals surface area contributed by atoms with Gasteiger partial charge in [-0.3, -0.25) is 9.78 Å². The van der Waals surface area contributed by atoms with Crippen LogP contribution in [-0.2, 0) is 19.3 Å². The van der Waals surface area contributed by atoms with Crippen molar-refractivity contribution >= 4 is 22.6 Å². The summed E-state index contributed by atoms with van der Waals surface area (Å²) in [6, 6.07) is 9.13. The number of pyridine rings is 2. The molecule has 34 heavy (non-hydrogen) atoms. The molecule has 0 saturated heterocycles. The number of hydrogen-bond acceptors (Lipinski definition) is 6. The molecule has 0 radical (unpaired) electrons. The molecule has 1 amide bonds. The number of fused-ring (bicyclic) bond motifs is 1. The highest BCUT2D eigenvalue weighted by molar-refractivity contribution is 6.01. The molecule has 2 N–H and O–H groups in total. The molecule has 10 heteroatoms. The zero-order chi connectivity index (χ0) is 24.5. The predicted molar refractivity (Wildman–Crippen MR) is 120 cm³/mol. The topological polar surface area (TPSA) is 97.9 Å². The van der Waals surface area contributed by atoms with Gasteiger partial charge in [-0.1, -0.05) is 0 Å². The first-order valence-electron chi connectivity index (χ1n) is 10.4. The van der Waals surface area contributed by atoms with Crippen LogP contribution in [0.2, 0.25) is 0 Å². The second kappa shape index (κ2) is 9.05. The lowest BCUT2D eigenvalue weighted by Gasteiger charge is -2.23. The van der Waals surface area contributed by atoms with Crippen LogP contribution in [-0.4, -0.2) is 30.7 Å². The van der Waals surface area contributed by atoms with Crippen LogP contribution in [0.15, 0.2) is 55.0 Å². The summed E-state index contributed by atoms with van der Waals surface area (Å²) in [5, 5.41) is 0.793. The second-order valence-corrected chi connectivity index (χ2v) is 7.86. The zero-order valence-corrected chi connectivity index (χ0v) is 18.5. The molecule has 0 aliphatic carbocycles. The van der Waals surface area contributed by atoms with Gasteiger partial charge in [0.1, 0.15) is 11.6 Å². The van der Waals surface area contributed by atoms with Gasteiger partial charge in [-0.25, -0.2) is 15.0 Å². The van der Waals surface area contributed by atoms with E-state index in [1.165, 1.54) is 11.0 Å². The lowest BCUT2D eigenvalue weighted by Crippen LogP contribution is -2.31. The first-order chi connectivity index (χ1) is 16.1. The third-order valence-corrected chi connectivity index (χ3v) is 5.47. The quantitative estimate of drug-likeness (QED) is 0.466. The van der Waals surface area contributed by atoms with Crippen molar-refractivity contribution in [3.8, 4) is 0 Å². The number of aryl methyl sites for hydroxylation is 2. The summed E-state index contributed by atoms with van der Waals surface area (Å²) in [4.78, 5) is 31.7. The van der Waals surface area contributed by atoms with Crippen LogP contribution in [0, 0.1) is 13.8 Å². The molecule has 3 aromatic heterocycles. The lowest BCUT2D eigenvalue weighted by atomic mass is 10.0. The van der Waals surface area contributed by atoms with E-state index in [1.54, 1.807) is 30.6 Å². The first kappa shape index (κ1) is 23.1. The van der Waals surface area contributed by atoms with Gasteiger partial charge in [0.15, 0.2) is 0 Å². The summed E-state index contributed by atoms with van der Waals surface area (Å²) >= 11 is 0. The van der Waals surface area contributed by atoms with Gasteiger partial charge in [0.25, 0.3) is 5.91 Å². The van der Waals surface area contributed by atoms with Crippen LogP contribution in [0.1, 0.15) is 38.6 Å². The summed E-state index contributed by atoms with van der Waals surface area (Å²) < 4.78 is 38.7. The number of nitrogens with two attached hydrogens (primary N) is 1. The number of carbonyl (C=O) groups is 1. The van der Waals surface area contributed by atoms with E-state index < -0.39 is 11.7 Å². The SMILES string of the molecule is Cc1cc2c(C)c(C(=O)N(Cc3ccc(C(F)(F)F)cn3)Cc3ncccn3)ccc2nc1N. The fourth-order valence-corrected chi connectivity index (χ4v) is 3.57. The number of aromatic nitrogens is 4. The van der Waals surface area contributed by atoms with Crippen molar-refractivity contribution in [2.75, 3.05) is 5.73 Å². The number of benzene rings is 1. The third-order valence-electron chi connectivity index (χ3n) is 5.47. The lowest BCUT2D eigenvalue weighted by molar-refractivity contribution is -0.137. The van der Waals surface area contributed by atoms with E-state index in [4.69, 9.17) is 5.73 Å². The molecule has 0 aliphatic rings. The minimum Gasteiger partial charge on any atom is -0.383 e. The highest BCUT2D eigenvalue weighted by Crippen LogP contribution is 2.29. The summed E-state index contributed by atoms with van der Waals surface area (Å²) in [6.45, 7) is 3.69. The van der Waals surface area contributed by atoms with Crippen molar-refractivity contribution in [2.45, 2.75) is 33.1 Å². The van der Waals surface area contributed by atoms with Crippen LogP contribution in [0.5, 0.6) is 0 Å². The van der Waals surface area contributed by atoms with E-state index in [0.717, 1.165) is 28.8 Å². The molecular formula is C24H21F3N6O. The normalized spacial score (nSPS) is 11.6. The van der Waals surface area contributed by atoms with Crippen molar-refractivity contribution < 1.29 is 18.0 Å². The number of nitrogen functional groups attached to an aromatic ring is 1. The average Bonchev–Trinajstić information content (AvgIpc) is 2.80. The van der Waals surface area contributed by atoms with E-state index in [9.17, 15) is 18.0 Å². The molecule has 7 nitrogen and oxygen atoms in total. The molecule has 0 fully saturated rings. The molecule has 0 saturated carbocycles. The monoisotopic (exact) mass is 466 g/mol. The number of alkyl halides is 3. The number of amides is 1. The van der Waals surface area contributed by atoms with Crippen molar-refractivity contribution in [3.05, 3.63) is 88.8 Å². The van der Waals surface area contributed by atoms with Crippen LogP contribution in [0.4, 0.5) is 19.0 Å². The highest BCUT2D eigenvalue weighted by Gasteiger charge is 2.31. The zero-order valence-electron chi connectivity index (χ0n) is 18.5. The summed E-state index contributed by atoms with van der Waals surface area (Å²) in [7, 11) is 0. The molecule has 4 rings (SSSR count). The van der Waals surface area contributed by atoms with E-state index >= 15 is 0 Å². The Morgan fingerprint density at radius 3 is 2.41 bits per heavy atom. The highest BCUT2D eigenvalue weighted by atomic mass is 19.4. The van der Waals surface area contributed by atoms with Gasteiger partial charge in [-0.2, -0.15) is 13.2 Å². The third kappa shape index (κ3) is 4.80. The smallest absolute Gasteiger partial charge is 0.383 e. The van der Waals surface area contributed by atoms with Crippen molar-refractivity contribution in [1.82, 2.24) is 24.8 Å². The van der Waals surface area contributed by atoms with Gasteiger partial charge in [0.2, 0.25) is 0 Å². The largest absolute Gasteiger partial charge is 0.417 e. The van der Waals surface area contributed by atoms with Gasteiger partial charge in [0, 0.05) is 29.5 Å². The maximum absolute atomic E-state index is 13.6. The Balaban J connectivity index is 1.70. The molecule has 0 spiro atoms. The molecule has 0 aliphatic heterocycles. The van der Waals surface area contributed by atoms with Crippen molar-refractivity contribution in [2.24, 2.45) is 0 Å². The molecule has 3 heterocycles. The van der Waals surface area contributed by atoms with Crippen molar-refractivity contribution in [1.29, 1.82) is 0 Å². The van der Waals surface area contributed by atoms with Crippen LogP contribution < -0.4 is 5.73 Å². The van der Waals surface area contributed by atoms with Crippen LogP contribution in [0.25, 0.3) is 10.9 Å². The van der Waals surface area contributed by atoms with Crippen LogP contribution >= 0.6 is 0 Å². The Hall–Kier alpha value is -4.08. The number of rotatable bonds is 5. The fraction of sp³-hybridized carbons (Fsp3) is 0.208. The Morgan fingerprint density at radius 2 is 1.76 bits per heavy atom. The van der Waals surface area contributed by atoms with Gasteiger partial charge in [-0.15, -0.1) is 0 Å². The summed E-state index contributed by atoms with van der Waals surface area (Å²) in [5.74, 6) is 0.483. The van der Waals surface area contributed by atoms with Gasteiger partial charge < -0.3 is 10.6 Å². The molecule has 1 aromatic carbocycles. The minimum atomic E-state index is -4.49. The van der Waals surface area contributed by atoms with E-state index in [-0.39, 0.29) is 19.0 Å². The summed E-state index contributed by atoms with van der Waals surface area (Å²) in [5.41, 5.74) is 7.98. The Labute approximate surface area is 193 Å². The predicted octanol–water partition coefficient (Wildman–Crippen LogP) is 4.48. The first-order valence-corrected chi connectivity index (χ1v) is 10.4. The van der Waals surface area contributed by atoms with Crippen LogP contribution in [0.3, 0.4) is 0 Å². The van der Waals surface area contributed by atoms with Gasteiger partial charge >= 0.3 is 6.18 Å². The Morgan fingerprint density at radius 1 is 1.03 bits per heavy atom. The Kier molecular flexibility index (Phi) is 6.14. The maximum Gasteiger partial charge on any atom is 0.417 e. The minimum absolute atomic E-state index is 0.0221. The van der Waals surface area contributed by atoms with E-state index in [0.29, 0.717) is 28.4 Å². The molecule has 174 valence electrons. The average molecular weight is 466 g/mol. The summed E-state index contributed by atoms with van der Waals surface area (Å²) in [6.07, 6.45) is -0.614. The van der Waals surface area contributed by atoms with E-state index in [1.807, 2.05) is 19.9 Å². The van der Waals surface area contributed by atoms with E-state index in [2.05, 4.69) is 19.9 Å². The molecular weight excluding hydrogens is 445 g/mol. The molecule has 0 bridgehead atoms. The van der Waals surface area contributed by atoms with Gasteiger partial charge in [-0.05, 0) is 61.4 Å². The van der Waals surface area contributed by atoms with Crippen molar-refractivity contribution in [3.63, 3.8) is 0 Å².